The molecule has 0 radical (unpaired) electrons. The Labute approximate surface area is 251 Å². The van der Waals surface area contributed by atoms with Crippen molar-refractivity contribution < 1.29 is 0 Å². The third-order valence-electron chi connectivity index (χ3n) is 8.31. The lowest BCUT2D eigenvalue weighted by Crippen LogP contribution is -2.46. The van der Waals surface area contributed by atoms with Gasteiger partial charge in [-0.1, -0.05) is 140 Å². The fraction of sp³-hybridized carbons (Fsp3) is 0.0513. The minimum absolute atomic E-state index is 0.118. The molecule has 2 atom stereocenters. The summed E-state index contributed by atoms with van der Waals surface area (Å²) in [5.74, 6) is 0.865. The van der Waals surface area contributed by atoms with Gasteiger partial charge >= 0.3 is 0 Å². The molecule has 43 heavy (non-hydrogen) atoms. The van der Waals surface area contributed by atoms with Crippen molar-refractivity contribution in [2.24, 2.45) is 4.99 Å². The van der Waals surface area contributed by atoms with Gasteiger partial charge in [0.25, 0.3) is 0 Å². The number of amidine groups is 1. The number of para-hydroxylation sites is 1. The van der Waals surface area contributed by atoms with Gasteiger partial charge in [-0.05, 0) is 46.0 Å². The van der Waals surface area contributed by atoms with Crippen LogP contribution in [0.2, 0.25) is 0 Å². The Morgan fingerprint density at radius 3 is 1.72 bits per heavy atom. The number of aromatic nitrogens is 1. The molecule has 2 N–H and O–H groups in total. The summed E-state index contributed by atoms with van der Waals surface area (Å²) in [5, 5.41) is 9.93. The van der Waals surface area contributed by atoms with Crippen molar-refractivity contribution in [1.29, 1.82) is 0 Å². The van der Waals surface area contributed by atoms with Crippen LogP contribution in [0, 0.1) is 0 Å². The second-order valence-electron chi connectivity index (χ2n) is 10.9. The third kappa shape index (κ3) is 4.68. The third-order valence-corrected chi connectivity index (χ3v) is 8.31. The average Bonchev–Trinajstić information content (AvgIpc) is 3.43. The lowest BCUT2D eigenvalue weighted by Gasteiger charge is -2.33. The van der Waals surface area contributed by atoms with E-state index in [0.29, 0.717) is 0 Å². The highest BCUT2D eigenvalue weighted by Gasteiger charge is 2.27. The van der Waals surface area contributed by atoms with Crippen LogP contribution in [-0.4, -0.2) is 10.4 Å². The maximum atomic E-state index is 5.31. The van der Waals surface area contributed by atoms with Crippen LogP contribution >= 0.6 is 0 Å². The molecule has 0 bridgehead atoms. The van der Waals surface area contributed by atoms with Crippen molar-refractivity contribution in [2.75, 3.05) is 0 Å². The molecule has 0 saturated carbocycles. The molecule has 1 aliphatic rings. The molecule has 0 spiro atoms. The SMILES string of the molecule is c1ccc(-c2ccc(C3=NC(n4c5ccccc5c5cc(-c6ccccc6)ccc54)NC(c4ccccc4)N3)cc2)cc1. The number of benzene rings is 6. The highest BCUT2D eigenvalue weighted by Crippen LogP contribution is 2.36. The molecule has 2 heterocycles. The van der Waals surface area contributed by atoms with Crippen LogP contribution < -0.4 is 10.6 Å². The largest absolute Gasteiger partial charge is 0.350 e. The summed E-state index contributed by atoms with van der Waals surface area (Å²) in [6, 6.07) is 55.7. The summed E-state index contributed by atoms with van der Waals surface area (Å²) in [7, 11) is 0. The van der Waals surface area contributed by atoms with Gasteiger partial charge in [0.15, 0.2) is 6.29 Å². The highest BCUT2D eigenvalue weighted by molar-refractivity contribution is 6.09. The Morgan fingerprint density at radius 2 is 1.00 bits per heavy atom. The lowest BCUT2D eigenvalue weighted by molar-refractivity contribution is 0.341. The summed E-state index contributed by atoms with van der Waals surface area (Å²) < 4.78 is 2.34. The Morgan fingerprint density at radius 1 is 0.465 bits per heavy atom. The molecule has 1 aromatic heterocycles. The van der Waals surface area contributed by atoms with Crippen molar-refractivity contribution in [2.45, 2.75) is 12.5 Å². The zero-order chi connectivity index (χ0) is 28.6. The molecule has 4 nitrogen and oxygen atoms in total. The van der Waals surface area contributed by atoms with Gasteiger partial charge in [0.2, 0.25) is 0 Å². The fourth-order valence-corrected chi connectivity index (χ4v) is 6.17. The lowest BCUT2D eigenvalue weighted by atomic mass is 10.0. The first-order chi connectivity index (χ1) is 21.3. The van der Waals surface area contributed by atoms with Gasteiger partial charge in [-0.15, -0.1) is 0 Å². The van der Waals surface area contributed by atoms with E-state index < -0.39 is 0 Å². The molecule has 2 unspecified atom stereocenters. The molecule has 6 aromatic carbocycles. The van der Waals surface area contributed by atoms with Gasteiger partial charge in [0, 0.05) is 16.3 Å². The number of hydrogen-bond donors (Lipinski definition) is 2. The molecule has 0 saturated heterocycles. The minimum Gasteiger partial charge on any atom is -0.350 e. The van der Waals surface area contributed by atoms with E-state index in [4.69, 9.17) is 4.99 Å². The van der Waals surface area contributed by atoms with Crippen LogP contribution in [0.4, 0.5) is 0 Å². The number of nitrogens with one attached hydrogen (secondary N) is 2. The van der Waals surface area contributed by atoms with Crippen LogP contribution in [-0.2, 0) is 0 Å². The normalized spacial score (nSPS) is 16.6. The van der Waals surface area contributed by atoms with E-state index in [9.17, 15) is 0 Å². The van der Waals surface area contributed by atoms with E-state index >= 15 is 0 Å². The molecule has 0 amide bonds. The number of hydrogen-bond acceptors (Lipinski definition) is 3. The zero-order valence-corrected chi connectivity index (χ0v) is 23.6. The van der Waals surface area contributed by atoms with Gasteiger partial charge in [0.05, 0.1) is 11.0 Å². The molecular formula is C39H30N4. The van der Waals surface area contributed by atoms with Crippen molar-refractivity contribution in [3.8, 4) is 22.3 Å². The Balaban J connectivity index is 1.27. The maximum Gasteiger partial charge on any atom is 0.184 e. The van der Waals surface area contributed by atoms with Crippen molar-refractivity contribution in [3.63, 3.8) is 0 Å². The molecular weight excluding hydrogens is 524 g/mol. The van der Waals surface area contributed by atoms with Crippen LogP contribution in [0.5, 0.6) is 0 Å². The van der Waals surface area contributed by atoms with Crippen LogP contribution in [0.25, 0.3) is 44.1 Å². The monoisotopic (exact) mass is 554 g/mol. The van der Waals surface area contributed by atoms with E-state index in [0.717, 1.165) is 28.0 Å². The summed E-state index contributed by atoms with van der Waals surface area (Å²) in [4.78, 5) is 5.31. The molecule has 4 heteroatoms. The van der Waals surface area contributed by atoms with Crippen molar-refractivity contribution in [1.82, 2.24) is 15.2 Å². The van der Waals surface area contributed by atoms with Gasteiger partial charge in [-0.2, -0.15) is 0 Å². The summed E-state index contributed by atoms with van der Waals surface area (Å²) in [6.07, 6.45) is -0.437. The minimum atomic E-state index is -0.319. The number of fused-ring (bicyclic) bond motifs is 3. The van der Waals surface area contributed by atoms with Crippen molar-refractivity contribution >= 4 is 27.6 Å². The van der Waals surface area contributed by atoms with Crippen LogP contribution in [0.1, 0.15) is 23.6 Å². The number of aliphatic imine (C=N–C) groups is 1. The molecule has 8 rings (SSSR count). The predicted octanol–water partition coefficient (Wildman–Crippen LogP) is 8.92. The van der Waals surface area contributed by atoms with Gasteiger partial charge in [0.1, 0.15) is 12.0 Å². The Kier molecular flexibility index (Phi) is 6.32. The van der Waals surface area contributed by atoms with Crippen molar-refractivity contribution in [3.05, 3.63) is 169 Å². The first-order valence-corrected chi connectivity index (χ1v) is 14.7. The van der Waals surface area contributed by atoms with Gasteiger partial charge in [-0.3, -0.25) is 5.32 Å². The Bertz CT molecular complexity index is 2060. The molecule has 1 aliphatic heterocycles. The Hall–Kier alpha value is -5.45. The smallest absolute Gasteiger partial charge is 0.184 e. The molecule has 0 aliphatic carbocycles. The molecule has 0 fully saturated rings. The highest BCUT2D eigenvalue weighted by atomic mass is 15.4. The van der Waals surface area contributed by atoms with E-state index in [1.807, 2.05) is 6.07 Å². The van der Waals surface area contributed by atoms with E-state index in [-0.39, 0.29) is 12.5 Å². The molecule has 7 aromatic rings. The number of rotatable bonds is 5. The maximum absolute atomic E-state index is 5.31. The second kappa shape index (κ2) is 10.8. The summed E-state index contributed by atoms with van der Waals surface area (Å²) >= 11 is 0. The topological polar surface area (TPSA) is 41.4 Å². The average molecular weight is 555 g/mol. The first-order valence-electron chi connectivity index (χ1n) is 14.7. The van der Waals surface area contributed by atoms with Crippen LogP contribution in [0.15, 0.2) is 163 Å². The van der Waals surface area contributed by atoms with E-state index in [1.165, 1.54) is 33.0 Å². The van der Waals surface area contributed by atoms with Crippen LogP contribution in [0.3, 0.4) is 0 Å². The standard InChI is InChI=1S/C39H30N4/c1-4-12-27(13-5-1)29-20-22-31(23-21-29)38-40-37(30-16-8-3-9-17-30)41-39(42-38)43-35-19-11-10-18-33(35)34-26-32(24-25-36(34)43)28-14-6-2-7-15-28/h1-26,37,39,41H,(H,40,42). The predicted molar refractivity (Wildman–Crippen MR) is 178 cm³/mol. The number of nitrogens with zero attached hydrogens (tertiary/aromatic N) is 2. The summed E-state index contributed by atoms with van der Waals surface area (Å²) in [5.41, 5.74) is 9.32. The molecule has 206 valence electrons. The first kappa shape index (κ1) is 25.3. The van der Waals surface area contributed by atoms with E-state index in [1.54, 1.807) is 0 Å². The quantitative estimate of drug-likeness (QED) is 0.223. The van der Waals surface area contributed by atoms with Gasteiger partial charge in [-0.25, -0.2) is 4.99 Å². The van der Waals surface area contributed by atoms with E-state index in [2.05, 4.69) is 167 Å². The second-order valence-corrected chi connectivity index (χ2v) is 10.9. The summed E-state index contributed by atoms with van der Waals surface area (Å²) in [6.45, 7) is 0. The zero-order valence-electron chi connectivity index (χ0n) is 23.6. The van der Waals surface area contributed by atoms with Gasteiger partial charge < -0.3 is 9.88 Å². The fourth-order valence-electron chi connectivity index (χ4n) is 6.17.